The number of anilines is 1. The molecule has 1 amide bonds. The number of rotatable bonds is 6. The molecule has 0 saturated carbocycles. The molecule has 1 atom stereocenters. The number of hydrogen-bond acceptors (Lipinski definition) is 3. The van der Waals surface area contributed by atoms with Crippen LogP contribution in [-0.4, -0.2) is 17.7 Å². The topological polar surface area (TPSA) is 55.1 Å². The molecule has 3 nitrogen and oxygen atoms in total. The van der Waals surface area contributed by atoms with E-state index in [0.717, 1.165) is 12.8 Å². The Kier molecular flexibility index (Phi) is 5.98. The van der Waals surface area contributed by atoms with E-state index >= 15 is 0 Å². The molecule has 0 saturated heterocycles. The molecule has 0 bridgehead atoms. The van der Waals surface area contributed by atoms with Crippen molar-refractivity contribution in [2.24, 2.45) is 0 Å². The monoisotopic (exact) mass is 270 g/mol. The highest BCUT2D eigenvalue weighted by Crippen LogP contribution is 2.29. The van der Waals surface area contributed by atoms with Crippen LogP contribution in [0, 0.1) is 5.82 Å². The number of thioether (sulfide) groups is 1. The zero-order valence-electron chi connectivity index (χ0n) is 10.7. The van der Waals surface area contributed by atoms with Gasteiger partial charge >= 0.3 is 0 Å². The fourth-order valence-electron chi connectivity index (χ4n) is 1.39. The molecule has 1 unspecified atom stereocenters. The summed E-state index contributed by atoms with van der Waals surface area (Å²) in [6.45, 7) is 4.53. The summed E-state index contributed by atoms with van der Waals surface area (Å²) in [7, 11) is 0. The molecule has 3 N–H and O–H groups in total. The summed E-state index contributed by atoms with van der Waals surface area (Å²) in [5.41, 5.74) is 6.24. The van der Waals surface area contributed by atoms with Crippen molar-refractivity contribution in [2.45, 2.75) is 36.8 Å². The van der Waals surface area contributed by atoms with Crippen molar-refractivity contribution < 1.29 is 9.18 Å². The van der Waals surface area contributed by atoms with E-state index in [0.29, 0.717) is 17.1 Å². The first-order chi connectivity index (χ1) is 8.54. The summed E-state index contributed by atoms with van der Waals surface area (Å²) in [6, 6.07) is 4.18. The molecule has 0 aromatic heterocycles. The lowest BCUT2D eigenvalue weighted by molar-refractivity contribution is -0.120. The minimum Gasteiger partial charge on any atom is -0.398 e. The third-order valence-electron chi connectivity index (χ3n) is 2.48. The van der Waals surface area contributed by atoms with Gasteiger partial charge in [-0.3, -0.25) is 4.79 Å². The van der Waals surface area contributed by atoms with Gasteiger partial charge in [-0.1, -0.05) is 13.3 Å². The Balaban J connectivity index is 2.55. The van der Waals surface area contributed by atoms with Gasteiger partial charge in [0.25, 0.3) is 0 Å². The molecular weight excluding hydrogens is 251 g/mol. The Morgan fingerprint density at radius 3 is 2.94 bits per heavy atom. The molecule has 0 fully saturated rings. The van der Waals surface area contributed by atoms with Gasteiger partial charge in [0.15, 0.2) is 0 Å². The van der Waals surface area contributed by atoms with Crippen LogP contribution < -0.4 is 11.1 Å². The quantitative estimate of drug-likeness (QED) is 0.475. The number of hydrogen-bond donors (Lipinski definition) is 2. The maximum absolute atomic E-state index is 13.1. The fourth-order valence-corrected chi connectivity index (χ4v) is 2.34. The average molecular weight is 270 g/mol. The normalized spacial score (nSPS) is 12.2. The molecule has 18 heavy (non-hydrogen) atoms. The van der Waals surface area contributed by atoms with Gasteiger partial charge in [0, 0.05) is 17.1 Å². The van der Waals surface area contributed by atoms with Crippen LogP contribution in [-0.2, 0) is 4.79 Å². The number of unbranched alkanes of at least 4 members (excludes halogenated alkanes) is 1. The number of carbonyl (C=O) groups excluding carboxylic acids is 1. The van der Waals surface area contributed by atoms with Crippen LogP contribution in [0.4, 0.5) is 10.1 Å². The van der Waals surface area contributed by atoms with Gasteiger partial charge in [-0.15, -0.1) is 11.8 Å². The molecule has 0 aliphatic heterocycles. The minimum absolute atomic E-state index is 0.0443. The second-order valence-corrected chi connectivity index (χ2v) is 5.47. The smallest absolute Gasteiger partial charge is 0.233 e. The first-order valence-corrected chi connectivity index (χ1v) is 6.92. The lowest BCUT2D eigenvalue weighted by Crippen LogP contribution is -2.31. The van der Waals surface area contributed by atoms with E-state index in [1.165, 1.54) is 30.0 Å². The standard InChI is InChI=1S/C13H19FN2OS/c1-3-4-7-16-13(17)9(2)18-12-8-10(14)5-6-11(12)15/h5-6,8-9H,3-4,7,15H2,1-2H3,(H,16,17). The van der Waals surface area contributed by atoms with Gasteiger partial charge in [-0.25, -0.2) is 4.39 Å². The number of amides is 1. The highest BCUT2D eigenvalue weighted by molar-refractivity contribution is 8.00. The van der Waals surface area contributed by atoms with E-state index < -0.39 is 0 Å². The molecule has 0 aliphatic rings. The van der Waals surface area contributed by atoms with E-state index in [9.17, 15) is 9.18 Å². The third kappa shape index (κ3) is 4.56. The summed E-state index contributed by atoms with van der Waals surface area (Å²) in [6.07, 6.45) is 2.00. The maximum atomic E-state index is 13.1. The predicted molar refractivity (Wildman–Crippen MR) is 74.0 cm³/mol. The second-order valence-electron chi connectivity index (χ2n) is 4.09. The highest BCUT2D eigenvalue weighted by Gasteiger charge is 2.15. The molecule has 0 heterocycles. The number of nitrogens with two attached hydrogens (primary N) is 1. The van der Waals surface area contributed by atoms with Gasteiger partial charge < -0.3 is 11.1 Å². The highest BCUT2D eigenvalue weighted by atomic mass is 32.2. The number of nitrogen functional groups attached to an aromatic ring is 1. The largest absolute Gasteiger partial charge is 0.398 e. The van der Waals surface area contributed by atoms with Crippen molar-refractivity contribution in [3.05, 3.63) is 24.0 Å². The molecule has 5 heteroatoms. The molecule has 100 valence electrons. The Labute approximate surface area is 111 Å². The molecule has 0 radical (unpaired) electrons. The van der Waals surface area contributed by atoms with Crippen LogP contribution in [0.5, 0.6) is 0 Å². The Morgan fingerprint density at radius 1 is 1.56 bits per heavy atom. The summed E-state index contributed by atoms with van der Waals surface area (Å²) in [5.74, 6) is -0.387. The van der Waals surface area contributed by atoms with Crippen LogP contribution in [0.3, 0.4) is 0 Å². The molecule has 1 aromatic carbocycles. The van der Waals surface area contributed by atoms with Gasteiger partial charge in [0.05, 0.1) is 5.25 Å². The van der Waals surface area contributed by atoms with Crippen molar-refractivity contribution in [1.82, 2.24) is 5.32 Å². The van der Waals surface area contributed by atoms with Crippen molar-refractivity contribution in [1.29, 1.82) is 0 Å². The van der Waals surface area contributed by atoms with Crippen LogP contribution in [0.2, 0.25) is 0 Å². The summed E-state index contributed by atoms with van der Waals surface area (Å²) >= 11 is 1.27. The van der Waals surface area contributed by atoms with Gasteiger partial charge in [0.1, 0.15) is 5.82 Å². The first-order valence-electron chi connectivity index (χ1n) is 6.04. The number of carbonyl (C=O) groups is 1. The molecule has 0 spiro atoms. The van der Waals surface area contributed by atoms with Crippen LogP contribution in [0.25, 0.3) is 0 Å². The van der Waals surface area contributed by atoms with Crippen molar-refractivity contribution in [3.8, 4) is 0 Å². The lowest BCUT2D eigenvalue weighted by atomic mass is 10.3. The number of nitrogens with one attached hydrogen (secondary N) is 1. The van der Waals surface area contributed by atoms with Gasteiger partial charge in [0.2, 0.25) is 5.91 Å². The predicted octanol–water partition coefficient (Wildman–Crippen LogP) is 2.80. The average Bonchev–Trinajstić information content (AvgIpc) is 2.34. The lowest BCUT2D eigenvalue weighted by Gasteiger charge is -2.13. The first kappa shape index (κ1) is 14.8. The zero-order valence-corrected chi connectivity index (χ0v) is 11.5. The van der Waals surface area contributed by atoms with E-state index in [2.05, 4.69) is 12.2 Å². The van der Waals surface area contributed by atoms with E-state index in [-0.39, 0.29) is 17.0 Å². The van der Waals surface area contributed by atoms with Crippen LogP contribution in [0.15, 0.2) is 23.1 Å². The van der Waals surface area contributed by atoms with E-state index in [1.807, 2.05) is 0 Å². The molecular formula is C13H19FN2OS. The molecule has 1 aromatic rings. The van der Waals surface area contributed by atoms with Crippen molar-refractivity contribution in [3.63, 3.8) is 0 Å². The van der Waals surface area contributed by atoms with Crippen molar-refractivity contribution in [2.75, 3.05) is 12.3 Å². The van der Waals surface area contributed by atoms with Gasteiger partial charge in [-0.2, -0.15) is 0 Å². The summed E-state index contributed by atoms with van der Waals surface area (Å²) < 4.78 is 13.1. The maximum Gasteiger partial charge on any atom is 0.233 e. The Morgan fingerprint density at radius 2 is 2.28 bits per heavy atom. The zero-order chi connectivity index (χ0) is 13.5. The fraction of sp³-hybridized carbons (Fsp3) is 0.462. The SMILES string of the molecule is CCCCNC(=O)C(C)Sc1cc(F)ccc1N. The van der Waals surface area contributed by atoms with Crippen LogP contribution >= 0.6 is 11.8 Å². The van der Waals surface area contributed by atoms with Crippen molar-refractivity contribution >= 4 is 23.4 Å². The number of halogens is 1. The second kappa shape index (κ2) is 7.26. The Hall–Kier alpha value is -1.23. The van der Waals surface area contributed by atoms with Gasteiger partial charge in [-0.05, 0) is 31.5 Å². The summed E-state index contributed by atoms with van der Waals surface area (Å²) in [5, 5.41) is 2.56. The van der Waals surface area contributed by atoms with Crippen LogP contribution in [0.1, 0.15) is 26.7 Å². The minimum atomic E-state index is -0.342. The Bertz CT molecular complexity index is 412. The number of benzene rings is 1. The van der Waals surface area contributed by atoms with E-state index in [1.54, 1.807) is 6.92 Å². The molecule has 0 aliphatic carbocycles. The summed E-state index contributed by atoms with van der Waals surface area (Å²) in [4.78, 5) is 12.4. The third-order valence-corrected chi connectivity index (χ3v) is 3.65. The van der Waals surface area contributed by atoms with E-state index in [4.69, 9.17) is 5.73 Å². The molecule has 1 rings (SSSR count).